The summed E-state index contributed by atoms with van der Waals surface area (Å²) in [5.41, 5.74) is 0.852. The van der Waals surface area contributed by atoms with Crippen molar-refractivity contribution >= 4 is 23.9 Å². The molecule has 0 unspecified atom stereocenters. The van der Waals surface area contributed by atoms with E-state index in [2.05, 4.69) is 0 Å². The van der Waals surface area contributed by atoms with E-state index in [0.29, 0.717) is 43.6 Å². The van der Waals surface area contributed by atoms with Crippen molar-refractivity contribution in [3.63, 3.8) is 0 Å². The summed E-state index contributed by atoms with van der Waals surface area (Å²) in [6, 6.07) is 6.18. The first-order chi connectivity index (χ1) is 12.8. The molecule has 0 saturated heterocycles. The topological polar surface area (TPSA) is 127 Å². The highest BCUT2D eigenvalue weighted by Crippen LogP contribution is 2.07. The van der Waals surface area contributed by atoms with Crippen LogP contribution >= 0.6 is 0 Å². The van der Waals surface area contributed by atoms with Crippen molar-refractivity contribution in [1.82, 2.24) is 0 Å². The zero-order valence-corrected chi connectivity index (χ0v) is 15.6. The molecular weight excluding hydrogens is 356 g/mol. The SMILES string of the molecule is CCOC(=O)c1ccc(C(=O)OCC)cc1.O=C(O)CCCCCC(=O)O. The Bertz CT molecular complexity index is 554. The van der Waals surface area contributed by atoms with Crippen LogP contribution in [0, 0.1) is 0 Å². The van der Waals surface area contributed by atoms with Crippen molar-refractivity contribution in [2.45, 2.75) is 46.0 Å². The number of carbonyl (C=O) groups excluding carboxylic acids is 2. The largest absolute Gasteiger partial charge is 0.481 e. The molecule has 0 spiro atoms. The summed E-state index contributed by atoms with van der Waals surface area (Å²) in [7, 11) is 0. The minimum Gasteiger partial charge on any atom is -0.481 e. The van der Waals surface area contributed by atoms with Gasteiger partial charge >= 0.3 is 23.9 Å². The molecule has 2 N–H and O–H groups in total. The molecule has 0 atom stereocenters. The van der Waals surface area contributed by atoms with Crippen LogP contribution in [0.4, 0.5) is 0 Å². The van der Waals surface area contributed by atoms with Gasteiger partial charge in [-0.3, -0.25) is 9.59 Å². The molecule has 8 heteroatoms. The van der Waals surface area contributed by atoms with E-state index in [4.69, 9.17) is 19.7 Å². The molecule has 0 bridgehead atoms. The Morgan fingerprint density at radius 1 is 0.704 bits per heavy atom. The van der Waals surface area contributed by atoms with Gasteiger partial charge in [0, 0.05) is 12.8 Å². The molecule has 0 fully saturated rings. The smallest absolute Gasteiger partial charge is 0.338 e. The van der Waals surface area contributed by atoms with Gasteiger partial charge in [-0.05, 0) is 51.0 Å². The number of esters is 2. The lowest BCUT2D eigenvalue weighted by atomic mass is 10.1. The maximum absolute atomic E-state index is 11.3. The number of carboxylic acids is 2. The van der Waals surface area contributed by atoms with Crippen molar-refractivity contribution < 1.29 is 38.9 Å². The normalized spacial score (nSPS) is 9.56. The molecule has 0 heterocycles. The molecular formula is C19H26O8. The van der Waals surface area contributed by atoms with E-state index in [-0.39, 0.29) is 12.8 Å². The fourth-order valence-electron chi connectivity index (χ4n) is 1.90. The highest BCUT2D eigenvalue weighted by atomic mass is 16.5. The summed E-state index contributed by atoms with van der Waals surface area (Å²) in [5.74, 6) is -2.42. The number of rotatable bonds is 10. The molecule has 0 aliphatic carbocycles. The fraction of sp³-hybridized carbons (Fsp3) is 0.474. The lowest BCUT2D eigenvalue weighted by molar-refractivity contribution is -0.137. The van der Waals surface area contributed by atoms with Gasteiger partial charge in [-0.15, -0.1) is 0 Å². The number of benzene rings is 1. The minimum absolute atomic E-state index is 0.139. The van der Waals surface area contributed by atoms with Crippen LogP contribution in [0.2, 0.25) is 0 Å². The van der Waals surface area contributed by atoms with Crippen LogP contribution in [0.5, 0.6) is 0 Å². The maximum atomic E-state index is 11.3. The Balaban J connectivity index is 0.000000541. The molecule has 1 aromatic carbocycles. The Morgan fingerprint density at radius 3 is 1.30 bits per heavy atom. The molecule has 8 nitrogen and oxygen atoms in total. The van der Waals surface area contributed by atoms with Crippen molar-refractivity contribution in [2.24, 2.45) is 0 Å². The predicted molar refractivity (Wildman–Crippen MR) is 96.7 cm³/mol. The summed E-state index contributed by atoms with van der Waals surface area (Å²) >= 11 is 0. The minimum atomic E-state index is -0.819. The Kier molecular flexibility index (Phi) is 12.8. The number of hydrogen-bond acceptors (Lipinski definition) is 6. The summed E-state index contributed by atoms with van der Waals surface area (Å²) in [6.45, 7) is 4.15. The molecule has 0 saturated carbocycles. The third-order valence-corrected chi connectivity index (χ3v) is 3.19. The van der Waals surface area contributed by atoms with E-state index in [1.165, 1.54) is 0 Å². The summed E-state index contributed by atoms with van der Waals surface area (Å²) in [4.78, 5) is 42.6. The lowest BCUT2D eigenvalue weighted by Crippen LogP contribution is -2.07. The number of hydrogen-bond donors (Lipinski definition) is 2. The van der Waals surface area contributed by atoms with Crippen LogP contribution in [0.1, 0.15) is 66.7 Å². The van der Waals surface area contributed by atoms with E-state index < -0.39 is 23.9 Å². The number of carboxylic acid groups (broad SMARTS) is 2. The van der Waals surface area contributed by atoms with Crippen molar-refractivity contribution in [2.75, 3.05) is 13.2 Å². The van der Waals surface area contributed by atoms with Crippen LogP contribution in [-0.4, -0.2) is 47.3 Å². The van der Waals surface area contributed by atoms with Crippen LogP contribution in [0.25, 0.3) is 0 Å². The van der Waals surface area contributed by atoms with Crippen molar-refractivity contribution in [3.8, 4) is 0 Å². The zero-order chi connectivity index (χ0) is 20.7. The Morgan fingerprint density at radius 2 is 1.04 bits per heavy atom. The third-order valence-electron chi connectivity index (χ3n) is 3.19. The molecule has 1 aromatic rings. The average molecular weight is 382 g/mol. The van der Waals surface area contributed by atoms with Gasteiger partial charge in [0.05, 0.1) is 24.3 Å². The summed E-state index contributed by atoms with van der Waals surface area (Å²) < 4.78 is 9.64. The van der Waals surface area contributed by atoms with Gasteiger partial charge in [-0.25, -0.2) is 9.59 Å². The highest BCUT2D eigenvalue weighted by Gasteiger charge is 2.09. The zero-order valence-electron chi connectivity index (χ0n) is 15.6. The average Bonchev–Trinajstić information content (AvgIpc) is 2.62. The van der Waals surface area contributed by atoms with Crippen LogP contribution in [-0.2, 0) is 19.1 Å². The molecule has 0 radical (unpaired) electrons. The van der Waals surface area contributed by atoms with Crippen LogP contribution < -0.4 is 0 Å². The number of aliphatic carboxylic acids is 2. The molecule has 0 amide bonds. The van der Waals surface area contributed by atoms with Crippen molar-refractivity contribution in [1.29, 1.82) is 0 Å². The van der Waals surface area contributed by atoms with Crippen molar-refractivity contribution in [3.05, 3.63) is 35.4 Å². The molecule has 0 aromatic heterocycles. The summed E-state index contributed by atoms with van der Waals surface area (Å²) in [6.07, 6.45) is 2.10. The van der Waals surface area contributed by atoms with Gasteiger partial charge in [0.15, 0.2) is 0 Å². The first kappa shape index (κ1) is 24.1. The second-order valence-corrected chi connectivity index (χ2v) is 5.37. The van der Waals surface area contributed by atoms with E-state index in [0.717, 1.165) is 0 Å². The molecule has 1 rings (SSSR count). The first-order valence-corrected chi connectivity index (χ1v) is 8.69. The van der Waals surface area contributed by atoms with E-state index in [9.17, 15) is 19.2 Å². The fourth-order valence-corrected chi connectivity index (χ4v) is 1.90. The second kappa shape index (κ2) is 14.3. The van der Waals surface area contributed by atoms with Gasteiger partial charge in [0.25, 0.3) is 0 Å². The van der Waals surface area contributed by atoms with E-state index in [1.807, 2.05) is 0 Å². The highest BCUT2D eigenvalue weighted by molar-refractivity contribution is 5.93. The monoisotopic (exact) mass is 382 g/mol. The predicted octanol–water partition coefficient (Wildman–Crippen LogP) is 3.15. The molecule has 27 heavy (non-hydrogen) atoms. The molecule has 150 valence electrons. The van der Waals surface area contributed by atoms with Gasteiger partial charge in [-0.2, -0.15) is 0 Å². The van der Waals surface area contributed by atoms with Crippen LogP contribution in [0.3, 0.4) is 0 Å². The molecule has 0 aliphatic heterocycles. The Labute approximate surface area is 158 Å². The van der Waals surface area contributed by atoms with Gasteiger partial charge < -0.3 is 19.7 Å². The van der Waals surface area contributed by atoms with Crippen LogP contribution in [0.15, 0.2) is 24.3 Å². The lowest BCUT2D eigenvalue weighted by Gasteiger charge is -2.03. The summed E-state index contributed by atoms with van der Waals surface area (Å²) in [5, 5.41) is 16.4. The number of carbonyl (C=O) groups is 4. The van der Waals surface area contributed by atoms with Gasteiger partial charge in [0.2, 0.25) is 0 Å². The maximum Gasteiger partial charge on any atom is 0.338 e. The first-order valence-electron chi connectivity index (χ1n) is 8.69. The second-order valence-electron chi connectivity index (χ2n) is 5.37. The Hall–Kier alpha value is -2.90. The third kappa shape index (κ3) is 12.1. The van der Waals surface area contributed by atoms with E-state index >= 15 is 0 Å². The van der Waals surface area contributed by atoms with Gasteiger partial charge in [0.1, 0.15) is 0 Å². The quantitative estimate of drug-likeness (QED) is 0.467. The number of unbranched alkanes of at least 4 members (excludes halogenated alkanes) is 2. The number of ether oxygens (including phenoxy) is 2. The standard InChI is InChI=1S/C12H14O4.C7H12O4/c1-3-15-11(13)9-5-7-10(8-6-9)12(14)16-4-2;8-6(9)4-2-1-3-5-7(10)11/h5-8H,3-4H2,1-2H3;1-5H2,(H,8,9)(H,10,11). The molecule has 0 aliphatic rings. The van der Waals surface area contributed by atoms with E-state index in [1.54, 1.807) is 38.1 Å². The van der Waals surface area contributed by atoms with Gasteiger partial charge in [-0.1, -0.05) is 6.42 Å².